The Bertz CT molecular complexity index is 553. The summed E-state index contributed by atoms with van der Waals surface area (Å²) < 4.78 is 6.99. The van der Waals surface area contributed by atoms with Gasteiger partial charge < -0.3 is 10.6 Å². The number of nitrogen functional groups attached to an aromatic ring is 1. The van der Waals surface area contributed by atoms with Gasteiger partial charge in [0, 0.05) is 11.3 Å². The average molecular weight is 306 g/mol. The number of unbranched alkanes of at least 4 members (excludes halogenated alkanes) is 2. The van der Waals surface area contributed by atoms with Crippen LogP contribution in [0.25, 0.3) is 11.4 Å². The van der Waals surface area contributed by atoms with Crippen molar-refractivity contribution in [2.45, 2.75) is 38.3 Å². The summed E-state index contributed by atoms with van der Waals surface area (Å²) in [5.41, 5.74) is 0.939. The van der Waals surface area contributed by atoms with Crippen molar-refractivity contribution in [2.24, 2.45) is 0 Å². The maximum Gasteiger partial charge on any atom is 0.210 e. The van der Waals surface area contributed by atoms with Crippen molar-refractivity contribution >= 4 is 11.8 Å². The third kappa shape index (κ3) is 4.14. The lowest BCUT2D eigenvalue weighted by Gasteiger charge is -2.05. The molecule has 2 N–H and O–H groups in total. The van der Waals surface area contributed by atoms with E-state index in [4.69, 9.17) is 10.6 Å². The van der Waals surface area contributed by atoms with Crippen molar-refractivity contribution in [1.29, 1.82) is 0 Å². The van der Waals surface area contributed by atoms with Crippen LogP contribution in [-0.4, -0.2) is 27.2 Å². The van der Waals surface area contributed by atoms with E-state index in [1.54, 1.807) is 16.4 Å². The van der Waals surface area contributed by atoms with E-state index in [0.29, 0.717) is 12.4 Å². The van der Waals surface area contributed by atoms with Gasteiger partial charge in [0.05, 0.1) is 6.61 Å². The molecule has 6 heteroatoms. The number of nitrogens with zero attached hydrogens (tertiary/aromatic N) is 3. The molecule has 2 rings (SSSR count). The van der Waals surface area contributed by atoms with E-state index in [9.17, 15) is 0 Å². The van der Waals surface area contributed by atoms with Crippen LogP contribution in [0.5, 0.6) is 5.75 Å². The molecule has 5 nitrogen and oxygen atoms in total. The second-order valence-corrected chi connectivity index (χ2v) is 5.75. The molecule has 0 unspecified atom stereocenters. The Morgan fingerprint density at radius 1 is 1.14 bits per heavy atom. The first kappa shape index (κ1) is 15.7. The van der Waals surface area contributed by atoms with Gasteiger partial charge in [-0.3, -0.25) is 0 Å². The first-order chi connectivity index (χ1) is 10.3. The van der Waals surface area contributed by atoms with Gasteiger partial charge in [0.2, 0.25) is 5.16 Å². The van der Waals surface area contributed by atoms with E-state index in [2.05, 4.69) is 17.1 Å². The Hall–Kier alpha value is -1.69. The Morgan fingerprint density at radius 3 is 2.57 bits per heavy atom. The third-order valence-corrected chi connectivity index (χ3v) is 4.10. The van der Waals surface area contributed by atoms with E-state index < -0.39 is 0 Å². The van der Waals surface area contributed by atoms with Gasteiger partial charge in [0.15, 0.2) is 5.82 Å². The lowest BCUT2D eigenvalue weighted by atomic mass is 10.2. The molecule has 1 aromatic heterocycles. The quantitative estimate of drug-likeness (QED) is 0.460. The molecule has 1 heterocycles. The molecule has 0 radical (unpaired) electrons. The molecule has 0 saturated carbocycles. The highest BCUT2D eigenvalue weighted by Crippen LogP contribution is 2.24. The molecule has 0 amide bonds. The molecule has 0 aliphatic rings. The maximum atomic E-state index is 6.09. The SMILES string of the molecule is CCCCCSc1nnc(-c2ccc(OCC)cc2)n1N. The summed E-state index contributed by atoms with van der Waals surface area (Å²) in [6, 6.07) is 7.73. The molecule has 0 bridgehead atoms. The van der Waals surface area contributed by atoms with Gasteiger partial charge in [-0.2, -0.15) is 0 Å². The molecule has 1 aromatic carbocycles. The summed E-state index contributed by atoms with van der Waals surface area (Å²) in [4.78, 5) is 0. The van der Waals surface area contributed by atoms with Gasteiger partial charge in [-0.05, 0) is 37.6 Å². The summed E-state index contributed by atoms with van der Waals surface area (Å²) in [6.07, 6.45) is 3.62. The van der Waals surface area contributed by atoms with Gasteiger partial charge in [0.1, 0.15) is 5.75 Å². The zero-order chi connectivity index (χ0) is 15.1. The highest BCUT2D eigenvalue weighted by atomic mass is 32.2. The van der Waals surface area contributed by atoms with Crippen molar-refractivity contribution in [3.63, 3.8) is 0 Å². The lowest BCUT2D eigenvalue weighted by molar-refractivity contribution is 0.340. The number of rotatable bonds is 8. The van der Waals surface area contributed by atoms with E-state index >= 15 is 0 Å². The molecule has 0 aliphatic carbocycles. The predicted molar refractivity (Wildman–Crippen MR) is 87.0 cm³/mol. The number of benzene rings is 1. The van der Waals surface area contributed by atoms with Crippen LogP contribution < -0.4 is 10.6 Å². The zero-order valence-electron chi connectivity index (χ0n) is 12.6. The second kappa shape index (κ2) is 7.93. The maximum absolute atomic E-state index is 6.09. The zero-order valence-corrected chi connectivity index (χ0v) is 13.4. The van der Waals surface area contributed by atoms with Gasteiger partial charge in [-0.25, -0.2) is 4.68 Å². The Labute approximate surface area is 129 Å². The smallest absolute Gasteiger partial charge is 0.210 e. The van der Waals surface area contributed by atoms with Crippen molar-refractivity contribution in [2.75, 3.05) is 18.2 Å². The molecule has 0 aliphatic heterocycles. The Morgan fingerprint density at radius 2 is 1.90 bits per heavy atom. The van der Waals surface area contributed by atoms with E-state index in [-0.39, 0.29) is 0 Å². The Balaban J connectivity index is 2.05. The fourth-order valence-corrected chi connectivity index (χ4v) is 2.81. The molecule has 0 fully saturated rings. The van der Waals surface area contributed by atoms with Gasteiger partial charge in [0.25, 0.3) is 0 Å². The van der Waals surface area contributed by atoms with Crippen LogP contribution in [0.1, 0.15) is 33.1 Å². The van der Waals surface area contributed by atoms with Gasteiger partial charge in [-0.1, -0.05) is 31.5 Å². The van der Waals surface area contributed by atoms with E-state index in [1.165, 1.54) is 19.3 Å². The van der Waals surface area contributed by atoms with Crippen molar-refractivity contribution in [1.82, 2.24) is 14.9 Å². The van der Waals surface area contributed by atoms with Crippen LogP contribution in [0.15, 0.2) is 29.4 Å². The minimum absolute atomic E-state index is 0.658. The monoisotopic (exact) mass is 306 g/mol. The minimum atomic E-state index is 0.658. The van der Waals surface area contributed by atoms with Crippen molar-refractivity contribution in [3.05, 3.63) is 24.3 Å². The fourth-order valence-electron chi connectivity index (χ4n) is 1.95. The summed E-state index contributed by atoms with van der Waals surface area (Å²) >= 11 is 1.65. The normalized spacial score (nSPS) is 10.8. The molecule has 21 heavy (non-hydrogen) atoms. The van der Waals surface area contributed by atoms with Crippen LogP contribution in [0.3, 0.4) is 0 Å². The summed E-state index contributed by atoms with van der Waals surface area (Å²) in [7, 11) is 0. The standard InChI is InChI=1S/C15H22N4OS/c1-3-5-6-11-21-15-18-17-14(19(15)16)12-7-9-13(10-8-12)20-4-2/h7-10H,3-6,11,16H2,1-2H3. The highest BCUT2D eigenvalue weighted by molar-refractivity contribution is 7.99. The molecular weight excluding hydrogens is 284 g/mol. The molecule has 0 saturated heterocycles. The number of ether oxygens (including phenoxy) is 1. The molecule has 0 spiro atoms. The number of thioether (sulfide) groups is 1. The summed E-state index contributed by atoms with van der Waals surface area (Å²) in [6.45, 7) is 4.82. The first-order valence-corrected chi connectivity index (χ1v) is 8.31. The van der Waals surface area contributed by atoms with Crippen LogP contribution in [0.2, 0.25) is 0 Å². The topological polar surface area (TPSA) is 66.0 Å². The van der Waals surface area contributed by atoms with Crippen LogP contribution in [0.4, 0.5) is 0 Å². The predicted octanol–water partition coefficient (Wildman–Crippen LogP) is 3.34. The minimum Gasteiger partial charge on any atom is -0.494 e. The largest absolute Gasteiger partial charge is 0.494 e. The van der Waals surface area contributed by atoms with Gasteiger partial charge >= 0.3 is 0 Å². The molecule has 0 atom stereocenters. The van der Waals surface area contributed by atoms with Crippen LogP contribution in [0, 0.1) is 0 Å². The first-order valence-electron chi connectivity index (χ1n) is 7.32. The summed E-state index contributed by atoms with van der Waals surface area (Å²) in [5, 5.41) is 9.11. The van der Waals surface area contributed by atoms with Crippen molar-refractivity contribution in [3.8, 4) is 17.1 Å². The number of hydrogen-bond donors (Lipinski definition) is 1. The van der Waals surface area contributed by atoms with Crippen molar-refractivity contribution < 1.29 is 4.74 Å². The number of hydrogen-bond acceptors (Lipinski definition) is 5. The lowest BCUT2D eigenvalue weighted by Crippen LogP contribution is -2.11. The fraction of sp³-hybridized carbons (Fsp3) is 0.467. The molecule has 2 aromatic rings. The Kier molecular flexibility index (Phi) is 5.92. The highest BCUT2D eigenvalue weighted by Gasteiger charge is 2.11. The molecule has 114 valence electrons. The number of aromatic nitrogens is 3. The van der Waals surface area contributed by atoms with Crippen LogP contribution >= 0.6 is 11.8 Å². The van der Waals surface area contributed by atoms with E-state index in [0.717, 1.165) is 22.2 Å². The van der Waals surface area contributed by atoms with Gasteiger partial charge in [-0.15, -0.1) is 10.2 Å². The third-order valence-electron chi connectivity index (χ3n) is 3.07. The summed E-state index contributed by atoms with van der Waals surface area (Å²) in [5.74, 6) is 8.63. The second-order valence-electron chi connectivity index (χ2n) is 4.69. The average Bonchev–Trinajstić information content (AvgIpc) is 2.86. The van der Waals surface area contributed by atoms with E-state index in [1.807, 2.05) is 31.2 Å². The van der Waals surface area contributed by atoms with Crippen LogP contribution in [-0.2, 0) is 0 Å². The molecular formula is C15H22N4OS. The number of nitrogens with two attached hydrogens (primary N) is 1.